The zero-order chi connectivity index (χ0) is 10.2. The predicted molar refractivity (Wildman–Crippen MR) is 60.3 cm³/mol. The zero-order valence-corrected chi connectivity index (χ0v) is 9.98. The van der Waals surface area contributed by atoms with Gasteiger partial charge in [0, 0.05) is 6.54 Å². The average molecular weight is 238 g/mol. The van der Waals surface area contributed by atoms with Crippen LogP contribution in [0.5, 0.6) is 0 Å². The van der Waals surface area contributed by atoms with Crippen LogP contribution in [0, 0.1) is 5.92 Å². The van der Waals surface area contributed by atoms with Crippen LogP contribution in [0.15, 0.2) is 0 Å². The zero-order valence-electron chi connectivity index (χ0n) is 9.16. The number of hydrogen-bond donors (Lipinski definition) is 1. The van der Waals surface area contributed by atoms with E-state index < -0.39 is 0 Å². The Morgan fingerprint density at radius 1 is 1.53 bits per heavy atom. The van der Waals surface area contributed by atoms with Crippen molar-refractivity contribution in [1.82, 2.24) is 5.32 Å². The lowest BCUT2D eigenvalue weighted by molar-refractivity contribution is -0.141. The molecule has 1 atom stereocenters. The molecule has 0 aromatic heterocycles. The molecule has 5 heteroatoms. The van der Waals surface area contributed by atoms with E-state index in [0.29, 0.717) is 18.9 Å². The molecule has 0 aromatic rings. The van der Waals surface area contributed by atoms with Crippen molar-refractivity contribution in [2.24, 2.45) is 5.92 Å². The normalized spacial score (nSPS) is 20.5. The molecule has 0 spiro atoms. The molecule has 4 nitrogen and oxygen atoms in total. The van der Waals surface area contributed by atoms with E-state index in [9.17, 15) is 4.79 Å². The molecule has 0 amide bonds. The lowest BCUT2D eigenvalue weighted by Crippen LogP contribution is -2.32. The predicted octanol–water partition coefficient (Wildman–Crippen LogP) is 0.987. The van der Waals surface area contributed by atoms with E-state index in [4.69, 9.17) is 4.74 Å². The third-order valence-electron chi connectivity index (χ3n) is 2.43. The summed E-state index contributed by atoms with van der Waals surface area (Å²) in [6.07, 6.45) is 2.81. The van der Waals surface area contributed by atoms with Crippen molar-refractivity contribution in [2.45, 2.75) is 19.3 Å². The smallest absolute Gasteiger partial charge is 0.307 e. The van der Waals surface area contributed by atoms with Crippen LogP contribution in [0.25, 0.3) is 0 Å². The van der Waals surface area contributed by atoms with Crippen LogP contribution < -0.4 is 5.32 Å². The van der Waals surface area contributed by atoms with E-state index in [2.05, 4.69) is 10.1 Å². The first-order chi connectivity index (χ1) is 6.83. The van der Waals surface area contributed by atoms with Gasteiger partial charge in [-0.3, -0.25) is 4.79 Å². The van der Waals surface area contributed by atoms with E-state index in [-0.39, 0.29) is 18.4 Å². The number of methoxy groups -OCH3 is 1. The van der Waals surface area contributed by atoms with Gasteiger partial charge in [-0.15, -0.1) is 12.4 Å². The van der Waals surface area contributed by atoms with Crippen molar-refractivity contribution in [3.63, 3.8) is 0 Å². The fourth-order valence-corrected chi connectivity index (χ4v) is 1.57. The van der Waals surface area contributed by atoms with Gasteiger partial charge in [-0.25, -0.2) is 0 Å². The highest BCUT2D eigenvalue weighted by atomic mass is 35.5. The van der Waals surface area contributed by atoms with Gasteiger partial charge in [0.2, 0.25) is 0 Å². The van der Waals surface area contributed by atoms with Crippen molar-refractivity contribution >= 4 is 18.4 Å². The Morgan fingerprint density at radius 2 is 2.33 bits per heavy atom. The SMILES string of the molecule is COC(=O)CCOCC1CCCNC1.Cl. The fraction of sp³-hybridized carbons (Fsp3) is 0.900. The standard InChI is InChI=1S/C10H19NO3.ClH/c1-13-10(12)4-6-14-8-9-3-2-5-11-7-9;/h9,11H,2-8H2,1H3;1H. The molecule has 1 unspecified atom stereocenters. The Bertz CT molecular complexity index is 172. The second-order valence-corrected chi connectivity index (χ2v) is 3.61. The molecule has 90 valence electrons. The summed E-state index contributed by atoms with van der Waals surface area (Å²) >= 11 is 0. The summed E-state index contributed by atoms with van der Waals surface area (Å²) in [7, 11) is 1.40. The number of piperidine rings is 1. The van der Waals surface area contributed by atoms with E-state index in [1.54, 1.807) is 0 Å². The van der Waals surface area contributed by atoms with Crippen LogP contribution in [0.2, 0.25) is 0 Å². The summed E-state index contributed by atoms with van der Waals surface area (Å²) in [5.41, 5.74) is 0. The fourth-order valence-electron chi connectivity index (χ4n) is 1.57. The van der Waals surface area contributed by atoms with Gasteiger partial charge in [-0.1, -0.05) is 0 Å². The number of halogens is 1. The third-order valence-corrected chi connectivity index (χ3v) is 2.43. The van der Waals surface area contributed by atoms with Gasteiger partial charge < -0.3 is 14.8 Å². The average Bonchev–Trinajstić information content (AvgIpc) is 2.25. The number of hydrogen-bond acceptors (Lipinski definition) is 4. The summed E-state index contributed by atoms with van der Waals surface area (Å²) in [6, 6.07) is 0. The summed E-state index contributed by atoms with van der Waals surface area (Å²) in [6.45, 7) is 3.39. The Morgan fingerprint density at radius 3 is 2.93 bits per heavy atom. The Kier molecular flexibility index (Phi) is 8.76. The lowest BCUT2D eigenvalue weighted by Gasteiger charge is -2.22. The molecule has 1 heterocycles. The topological polar surface area (TPSA) is 47.6 Å². The number of esters is 1. The molecule has 1 rings (SSSR count). The minimum atomic E-state index is -0.202. The molecule has 0 radical (unpaired) electrons. The van der Waals surface area contributed by atoms with E-state index in [1.807, 2.05) is 0 Å². The van der Waals surface area contributed by atoms with Crippen LogP contribution in [-0.2, 0) is 14.3 Å². The molecule has 15 heavy (non-hydrogen) atoms. The Labute approximate surface area is 97.1 Å². The quantitative estimate of drug-likeness (QED) is 0.572. The minimum Gasteiger partial charge on any atom is -0.469 e. The van der Waals surface area contributed by atoms with Crippen molar-refractivity contribution in [3.8, 4) is 0 Å². The van der Waals surface area contributed by atoms with Gasteiger partial charge in [0.15, 0.2) is 0 Å². The van der Waals surface area contributed by atoms with Crippen LogP contribution in [0.3, 0.4) is 0 Å². The van der Waals surface area contributed by atoms with Gasteiger partial charge in [0.1, 0.15) is 0 Å². The molecule has 0 saturated carbocycles. The monoisotopic (exact) mass is 237 g/mol. The van der Waals surface area contributed by atoms with Crippen LogP contribution in [-0.4, -0.2) is 39.4 Å². The first-order valence-corrected chi connectivity index (χ1v) is 5.18. The molecule has 0 aromatic carbocycles. The maximum absolute atomic E-state index is 10.7. The number of carbonyl (C=O) groups excluding carboxylic acids is 1. The number of ether oxygens (including phenoxy) is 2. The van der Waals surface area contributed by atoms with Gasteiger partial charge >= 0.3 is 5.97 Å². The molecule has 0 aliphatic carbocycles. The lowest BCUT2D eigenvalue weighted by atomic mass is 10.0. The summed E-state index contributed by atoms with van der Waals surface area (Å²) in [5.74, 6) is 0.410. The van der Waals surface area contributed by atoms with E-state index in [0.717, 1.165) is 19.7 Å². The van der Waals surface area contributed by atoms with Gasteiger partial charge in [0.25, 0.3) is 0 Å². The number of carbonyl (C=O) groups is 1. The van der Waals surface area contributed by atoms with Crippen molar-refractivity contribution < 1.29 is 14.3 Å². The second-order valence-electron chi connectivity index (χ2n) is 3.61. The Balaban J connectivity index is 0.00000196. The van der Waals surface area contributed by atoms with Crippen molar-refractivity contribution in [1.29, 1.82) is 0 Å². The minimum absolute atomic E-state index is 0. The van der Waals surface area contributed by atoms with E-state index in [1.165, 1.54) is 20.0 Å². The van der Waals surface area contributed by atoms with Crippen LogP contribution >= 0.6 is 12.4 Å². The molecule has 1 fully saturated rings. The summed E-state index contributed by atoms with van der Waals surface area (Å²) in [4.78, 5) is 10.7. The van der Waals surface area contributed by atoms with Crippen molar-refractivity contribution in [2.75, 3.05) is 33.4 Å². The summed E-state index contributed by atoms with van der Waals surface area (Å²) in [5, 5.41) is 3.32. The Hall–Kier alpha value is -0.320. The van der Waals surface area contributed by atoms with E-state index >= 15 is 0 Å². The maximum Gasteiger partial charge on any atom is 0.307 e. The largest absolute Gasteiger partial charge is 0.469 e. The maximum atomic E-state index is 10.7. The molecule has 0 bridgehead atoms. The van der Waals surface area contributed by atoms with Crippen molar-refractivity contribution in [3.05, 3.63) is 0 Å². The highest BCUT2D eigenvalue weighted by molar-refractivity contribution is 5.85. The van der Waals surface area contributed by atoms with Gasteiger partial charge in [-0.2, -0.15) is 0 Å². The molecular formula is C10H20ClNO3. The number of nitrogens with one attached hydrogen (secondary N) is 1. The third kappa shape index (κ3) is 6.71. The van der Waals surface area contributed by atoms with Gasteiger partial charge in [-0.05, 0) is 25.3 Å². The molecule has 1 saturated heterocycles. The molecular weight excluding hydrogens is 218 g/mol. The van der Waals surface area contributed by atoms with Crippen LogP contribution in [0.4, 0.5) is 0 Å². The molecule has 1 aliphatic heterocycles. The molecule has 1 N–H and O–H groups in total. The first kappa shape index (κ1) is 14.7. The first-order valence-electron chi connectivity index (χ1n) is 5.18. The van der Waals surface area contributed by atoms with Gasteiger partial charge in [0.05, 0.1) is 26.7 Å². The highest BCUT2D eigenvalue weighted by Gasteiger charge is 2.12. The summed E-state index contributed by atoms with van der Waals surface area (Å²) < 4.78 is 9.92. The van der Waals surface area contributed by atoms with Crippen LogP contribution in [0.1, 0.15) is 19.3 Å². The molecule has 1 aliphatic rings. The highest BCUT2D eigenvalue weighted by Crippen LogP contribution is 2.09. The second kappa shape index (κ2) is 8.95. The number of rotatable bonds is 5.